The Hall–Kier alpha value is -6.38. The number of fused-ring (bicyclic) bond motifs is 6. The second-order valence-electron chi connectivity index (χ2n) is 13.8. The number of hydrogen-bond acceptors (Lipinski definition) is 0. The summed E-state index contributed by atoms with van der Waals surface area (Å²) in [6.07, 6.45) is 6.69. The van der Waals surface area contributed by atoms with Crippen molar-refractivity contribution in [1.82, 2.24) is 9.13 Å². The van der Waals surface area contributed by atoms with Gasteiger partial charge in [0.05, 0.1) is 22.1 Å². The van der Waals surface area contributed by atoms with Crippen LogP contribution in [-0.4, -0.2) is 9.13 Å². The van der Waals surface area contributed by atoms with Crippen LogP contribution in [0.25, 0.3) is 82.8 Å². The molecule has 2 nitrogen and oxygen atoms in total. The Labute approximate surface area is 297 Å². The number of aryl methyl sites for hydroxylation is 1. The first-order valence-corrected chi connectivity index (χ1v) is 17.9. The van der Waals surface area contributed by atoms with Crippen LogP contribution in [0.4, 0.5) is 0 Å². The fourth-order valence-corrected chi connectivity index (χ4v) is 8.15. The van der Waals surface area contributed by atoms with Crippen molar-refractivity contribution in [2.45, 2.75) is 19.8 Å². The standard InChI is InChI=1S/C49H36N2/c1-33-15-17-35(18-16-33)37-21-27-41(28-22-37)51-47-14-8-6-12-43(47)45-32-39(24-30-49(45)51)38-23-29-48-44(31-38)42-11-5-7-13-46(42)50(48)40-25-19-36(20-26-40)34-9-3-2-4-10-34/h2-21,23-27,29-32H,22,28H2,1H3. The van der Waals surface area contributed by atoms with Crippen LogP contribution in [0, 0.1) is 6.92 Å². The monoisotopic (exact) mass is 652 g/mol. The summed E-state index contributed by atoms with van der Waals surface area (Å²) in [5.41, 5.74) is 16.4. The average molecular weight is 653 g/mol. The molecule has 10 rings (SSSR count). The molecule has 0 radical (unpaired) electrons. The molecule has 2 heteroatoms. The Morgan fingerprint density at radius 1 is 0.373 bits per heavy atom. The molecule has 0 saturated carbocycles. The minimum absolute atomic E-state index is 1.00. The average Bonchev–Trinajstić information content (AvgIpc) is 3.71. The van der Waals surface area contributed by atoms with E-state index in [1.807, 2.05) is 0 Å². The predicted molar refractivity (Wildman–Crippen MR) is 217 cm³/mol. The van der Waals surface area contributed by atoms with Gasteiger partial charge in [-0.3, -0.25) is 0 Å². The molecule has 0 N–H and O–H groups in total. The van der Waals surface area contributed by atoms with E-state index < -0.39 is 0 Å². The van der Waals surface area contributed by atoms with Gasteiger partial charge in [0, 0.05) is 32.9 Å². The molecular weight excluding hydrogens is 617 g/mol. The van der Waals surface area contributed by atoms with E-state index >= 15 is 0 Å². The third-order valence-corrected chi connectivity index (χ3v) is 10.7. The number of benzene rings is 7. The number of rotatable bonds is 5. The van der Waals surface area contributed by atoms with Crippen molar-refractivity contribution in [3.05, 3.63) is 187 Å². The molecule has 0 bridgehead atoms. The molecule has 1 aliphatic carbocycles. The van der Waals surface area contributed by atoms with E-state index in [0.717, 1.165) is 12.8 Å². The highest BCUT2D eigenvalue weighted by atomic mass is 15.0. The van der Waals surface area contributed by atoms with Gasteiger partial charge in [0.25, 0.3) is 0 Å². The van der Waals surface area contributed by atoms with Crippen LogP contribution in [0.15, 0.2) is 176 Å². The summed E-state index contributed by atoms with van der Waals surface area (Å²) in [6, 6.07) is 60.1. The number of hydrogen-bond donors (Lipinski definition) is 0. The van der Waals surface area contributed by atoms with Crippen molar-refractivity contribution in [2.24, 2.45) is 0 Å². The lowest BCUT2D eigenvalue weighted by Crippen LogP contribution is -2.01. The summed E-state index contributed by atoms with van der Waals surface area (Å²) in [4.78, 5) is 0. The van der Waals surface area contributed by atoms with E-state index in [2.05, 4.69) is 192 Å². The number of para-hydroxylation sites is 2. The SMILES string of the molecule is Cc1ccc(C2=CC=C(n3c4ccccc4c4cc(-c5ccc6c(c5)c5ccccc5n6-c5ccc(-c6ccccc6)cc5)ccc43)CC2)cc1. The highest BCUT2D eigenvalue weighted by Gasteiger charge is 2.18. The third-order valence-electron chi connectivity index (χ3n) is 10.7. The molecule has 2 heterocycles. The third kappa shape index (κ3) is 4.94. The number of aromatic nitrogens is 2. The molecule has 7 aromatic carbocycles. The molecule has 0 fully saturated rings. The topological polar surface area (TPSA) is 9.86 Å². The van der Waals surface area contributed by atoms with Gasteiger partial charge < -0.3 is 9.13 Å². The van der Waals surface area contributed by atoms with Gasteiger partial charge in [-0.2, -0.15) is 0 Å². The van der Waals surface area contributed by atoms with Crippen LogP contribution < -0.4 is 0 Å². The minimum Gasteiger partial charge on any atom is -0.313 e. The zero-order chi connectivity index (χ0) is 33.9. The summed E-state index contributed by atoms with van der Waals surface area (Å²) in [5, 5.41) is 5.11. The smallest absolute Gasteiger partial charge is 0.0541 e. The molecule has 1 aliphatic rings. The zero-order valence-electron chi connectivity index (χ0n) is 28.6. The van der Waals surface area contributed by atoms with Gasteiger partial charge in [0.2, 0.25) is 0 Å². The van der Waals surface area contributed by atoms with Crippen molar-refractivity contribution in [1.29, 1.82) is 0 Å². The van der Waals surface area contributed by atoms with Crippen molar-refractivity contribution in [3.63, 3.8) is 0 Å². The van der Waals surface area contributed by atoms with E-state index in [1.54, 1.807) is 0 Å². The zero-order valence-corrected chi connectivity index (χ0v) is 28.6. The molecule has 0 atom stereocenters. The molecule has 0 aliphatic heterocycles. The summed E-state index contributed by atoms with van der Waals surface area (Å²) >= 11 is 0. The quantitative estimate of drug-likeness (QED) is 0.175. The van der Waals surface area contributed by atoms with Crippen molar-refractivity contribution in [2.75, 3.05) is 0 Å². The molecule has 9 aromatic rings. The maximum Gasteiger partial charge on any atom is 0.0541 e. The minimum atomic E-state index is 1.00. The van der Waals surface area contributed by atoms with Crippen LogP contribution in [0.3, 0.4) is 0 Å². The lowest BCUT2D eigenvalue weighted by Gasteiger charge is -2.18. The molecule has 242 valence electrons. The van der Waals surface area contributed by atoms with E-state index in [0.29, 0.717) is 0 Å². The largest absolute Gasteiger partial charge is 0.313 e. The summed E-state index contributed by atoms with van der Waals surface area (Å²) < 4.78 is 4.88. The summed E-state index contributed by atoms with van der Waals surface area (Å²) in [6.45, 7) is 2.15. The van der Waals surface area contributed by atoms with E-state index in [1.165, 1.54) is 93.9 Å². The van der Waals surface area contributed by atoms with Crippen molar-refractivity contribution < 1.29 is 0 Å². The molecular formula is C49H36N2. The maximum atomic E-state index is 2.48. The summed E-state index contributed by atoms with van der Waals surface area (Å²) in [7, 11) is 0. The van der Waals surface area contributed by atoms with Crippen molar-refractivity contribution >= 4 is 54.9 Å². The normalized spacial score (nSPS) is 13.3. The Morgan fingerprint density at radius 2 is 0.882 bits per heavy atom. The van der Waals surface area contributed by atoms with Gasteiger partial charge in [-0.1, -0.05) is 127 Å². The molecule has 2 aromatic heterocycles. The number of allylic oxidation sites excluding steroid dienone is 4. The van der Waals surface area contributed by atoms with Crippen LogP contribution in [0.2, 0.25) is 0 Å². The van der Waals surface area contributed by atoms with Gasteiger partial charge >= 0.3 is 0 Å². The number of nitrogens with zero attached hydrogens (tertiary/aromatic N) is 2. The van der Waals surface area contributed by atoms with Gasteiger partial charge in [-0.25, -0.2) is 0 Å². The molecule has 0 unspecified atom stereocenters. The Balaban J connectivity index is 1.07. The Kier molecular flexibility index (Phi) is 6.89. The lowest BCUT2D eigenvalue weighted by molar-refractivity contribution is 0.992. The fraction of sp³-hybridized carbons (Fsp3) is 0.0612. The lowest BCUT2D eigenvalue weighted by atomic mass is 9.95. The predicted octanol–water partition coefficient (Wildman–Crippen LogP) is 13.3. The van der Waals surface area contributed by atoms with Crippen LogP contribution in [-0.2, 0) is 0 Å². The first-order valence-electron chi connectivity index (χ1n) is 17.9. The first kappa shape index (κ1) is 29.5. The summed E-state index contributed by atoms with van der Waals surface area (Å²) in [5.74, 6) is 0. The molecule has 0 saturated heterocycles. The van der Waals surface area contributed by atoms with Crippen LogP contribution in [0.1, 0.15) is 24.0 Å². The van der Waals surface area contributed by atoms with Crippen molar-refractivity contribution in [3.8, 4) is 27.9 Å². The molecule has 0 spiro atoms. The first-order chi connectivity index (χ1) is 25.2. The van der Waals surface area contributed by atoms with Gasteiger partial charge in [0.1, 0.15) is 0 Å². The fourth-order valence-electron chi connectivity index (χ4n) is 8.15. The highest BCUT2D eigenvalue weighted by molar-refractivity contribution is 6.13. The van der Waals surface area contributed by atoms with Gasteiger partial charge in [-0.15, -0.1) is 0 Å². The van der Waals surface area contributed by atoms with E-state index in [-0.39, 0.29) is 0 Å². The Bertz CT molecular complexity index is 2820. The highest BCUT2D eigenvalue weighted by Crippen LogP contribution is 2.40. The molecule has 51 heavy (non-hydrogen) atoms. The second kappa shape index (κ2) is 11.9. The molecule has 0 amide bonds. The van der Waals surface area contributed by atoms with Gasteiger partial charge in [0.15, 0.2) is 0 Å². The van der Waals surface area contributed by atoms with Crippen LogP contribution >= 0.6 is 0 Å². The second-order valence-corrected chi connectivity index (χ2v) is 13.8. The Morgan fingerprint density at radius 3 is 1.51 bits per heavy atom. The van der Waals surface area contributed by atoms with Gasteiger partial charge in [-0.05, 0) is 108 Å². The van der Waals surface area contributed by atoms with E-state index in [9.17, 15) is 0 Å². The maximum absolute atomic E-state index is 2.48. The van der Waals surface area contributed by atoms with Crippen LogP contribution in [0.5, 0.6) is 0 Å². The van der Waals surface area contributed by atoms with E-state index in [4.69, 9.17) is 0 Å².